The van der Waals surface area contributed by atoms with E-state index in [-0.39, 0.29) is 23.3 Å². The van der Waals surface area contributed by atoms with Gasteiger partial charge in [-0.15, -0.1) is 0 Å². The molecule has 0 radical (unpaired) electrons. The van der Waals surface area contributed by atoms with Crippen LogP contribution in [0.3, 0.4) is 0 Å². The van der Waals surface area contributed by atoms with Gasteiger partial charge in [0.15, 0.2) is 22.5 Å². The van der Waals surface area contributed by atoms with Gasteiger partial charge in [0.25, 0.3) is 0 Å². The number of sulfone groups is 1. The zero-order chi connectivity index (χ0) is 22.9. The lowest BCUT2D eigenvalue weighted by Crippen LogP contribution is -2.28. The summed E-state index contributed by atoms with van der Waals surface area (Å²) in [7, 11) is -3.05. The second kappa shape index (κ2) is 9.04. The van der Waals surface area contributed by atoms with E-state index in [1.807, 2.05) is 18.4 Å². The van der Waals surface area contributed by atoms with E-state index in [0.717, 1.165) is 11.3 Å². The highest BCUT2D eigenvalue weighted by Crippen LogP contribution is 2.29. The van der Waals surface area contributed by atoms with Crippen molar-refractivity contribution >= 4 is 33.2 Å². The molecule has 0 bridgehead atoms. The number of carbonyl (C=O) groups excluding carboxylic acids is 2. The van der Waals surface area contributed by atoms with Gasteiger partial charge in [0.2, 0.25) is 5.78 Å². The third-order valence-electron chi connectivity index (χ3n) is 5.48. The highest BCUT2D eigenvalue weighted by molar-refractivity contribution is 7.91. The SMILES string of the molecule is Cc1cc(Cl)ccc1OC(C)C(=O)OCC(=O)c1cc(C)n(C2CCS(=O)(=O)C2)c1C. The van der Waals surface area contributed by atoms with Crippen LogP contribution in [0.1, 0.15) is 46.7 Å². The first-order chi connectivity index (χ1) is 14.5. The number of nitrogens with zero attached hydrogens (tertiary/aromatic N) is 1. The number of benzene rings is 1. The second-order valence-corrected chi connectivity index (χ2v) is 10.6. The quantitative estimate of drug-likeness (QED) is 0.456. The molecule has 3 rings (SSSR count). The van der Waals surface area contributed by atoms with Gasteiger partial charge < -0.3 is 14.0 Å². The molecule has 168 valence electrons. The van der Waals surface area contributed by atoms with E-state index in [4.69, 9.17) is 21.1 Å². The molecule has 1 fully saturated rings. The number of aryl methyl sites for hydroxylation is 2. The number of Topliss-reactive ketones (excluding diaryl/α,β-unsaturated/α-hetero) is 1. The molecule has 2 aromatic rings. The summed E-state index contributed by atoms with van der Waals surface area (Å²) in [5.41, 5.74) is 2.70. The highest BCUT2D eigenvalue weighted by atomic mass is 35.5. The Morgan fingerprint density at radius 1 is 1.23 bits per heavy atom. The molecule has 1 aliphatic rings. The summed E-state index contributed by atoms with van der Waals surface area (Å²) in [4.78, 5) is 25.0. The van der Waals surface area contributed by atoms with Gasteiger partial charge in [-0.2, -0.15) is 0 Å². The minimum Gasteiger partial charge on any atom is -0.479 e. The second-order valence-electron chi connectivity index (χ2n) is 7.91. The van der Waals surface area contributed by atoms with Crippen LogP contribution in [-0.4, -0.2) is 49.0 Å². The van der Waals surface area contributed by atoms with E-state index >= 15 is 0 Å². The van der Waals surface area contributed by atoms with Crippen LogP contribution in [0.15, 0.2) is 24.3 Å². The fourth-order valence-electron chi connectivity index (χ4n) is 3.92. The monoisotopic (exact) mass is 467 g/mol. The van der Waals surface area contributed by atoms with Crippen molar-refractivity contribution in [2.45, 2.75) is 46.3 Å². The average molecular weight is 468 g/mol. The molecule has 31 heavy (non-hydrogen) atoms. The van der Waals surface area contributed by atoms with Gasteiger partial charge >= 0.3 is 5.97 Å². The van der Waals surface area contributed by atoms with Crippen LogP contribution in [0.25, 0.3) is 0 Å². The fourth-order valence-corrected chi connectivity index (χ4v) is 5.84. The maximum atomic E-state index is 12.7. The van der Waals surface area contributed by atoms with E-state index < -0.39 is 28.5 Å². The summed E-state index contributed by atoms with van der Waals surface area (Å²) in [5.74, 6) is -0.261. The highest BCUT2D eigenvalue weighted by Gasteiger charge is 2.32. The lowest BCUT2D eigenvalue weighted by atomic mass is 10.1. The Kier molecular flexibility index (Phi) is 6.81. The molecule has 0 saturated carbocycles. The molecule has 9 heteroatoms. The standard InChI is InChI=1S/C22H26ClNO6S/c1-13-9-17(23)5-6-21(13)30-16(4)22(26)29-11-20(25)19-10-14(2)24(15(19)3)18-7-8-31(27,28)12-18/h5-6,9-10,16,18H,7-8,11-12H2,1-4H3. The number of hydrogen-bond donors (Lipinski definition) is 0. The molecular formula is C22H26ClNO6S. The summed E-state index contributed by atoms with van der Waals surface area (Å²) in [6.07, 6.45) is -0.371. The van der Waals surface area contributed by atoms with Crippen molar-refractivity contribution in [1.82, 2.24) is 4.57 Å². The molecule has 1 aliphatic heterocycles. The topological polar surface area (TPSA) is 91.7 Å². The van der Waals surface area contributed by atoms with E-state index in [1.54, 1.807) is 38.1 Å². The zero-order valence-corrected chi connectivity index (χ0v) is 19.5. The Morgan fingerprint density at radius 2 is 1.94 bits per heavy atom. The number of halogens is 1. The fraction of sp³-hybridized carbons (Fsp3) is 0.455. The summed E-state index contributed by atoms with van der Waals surface area (Å²) < 4.78 is 36.4. The molecule has 2 unspecified atom stereocenters. The summed E-state index contributed by atoms with van der Waals surface area (Å²) in [6, 6.07) is 6.60. The maximum Gasteiger partial charge on any atom is 0.347 e. The van der Waals surface area contributed by atoms with Gasteiger partial charge in [-0.3, -0.25) is 4.79 Å². The molecule has 7 nitrogen and oxygen atoms in total. The minimum atomic E-state index is -3.05. The number of carbonyl (C=O) groups is 2. The normalized spacial score (nSPS) is 18.5. The smallest absolute Gasteiger partial charge is 0.347 e. The zero-order valence-electron chi connectivity index (χ0n) is 18.0. The molecule has 2 heterocycles. The first-order valence-electron chi connectivity index (χ1n) is 10.00. The van der Waals surface area contributed by atoms with Crippen molar-refractivity contribution in [3.8, 4) is 5.75 Å². The molecule has 1 aromatic carbocycles. The molecule has 0 N–H and O–H groups in total. The van der Waals surface area contributed by atoms with Crippen LogP contribution >= 0.6 is 11.6 Å². The molecule has 2 atom stereocenters. The van der Waals surface area contributed by atoms with Gasteiger partial charge in [0, 0.05) is 28.0 Å². The molecular weight excluding hydrogens is 442 g/mol. The van der Waals surface area contributed by atoms with E-state index in [1.165, 1.54) is 0 Å². The van der Waals surface area contributed by atoms with Gasteiger partial charge in [-0.25, -0.2) is 13.2 Å². The largest absolute Gasteiger partial charge is 0.479 e. The van der Waals surface area contributed by atoms with Crippen molar-refractivity contribution in [3.05, 3.63) is 51.8 Å². The Bertz CT molecular complexity index is 1120. The first kappa shape index (κ1) is 23.3. The van der Waals surface area contributed by atoms with Crippen LogP contribution in [-0.2, 0) is 19.4 Å². The van der Waals surface area contributed by atoms with Crippen molar-refractivity contribution in [2.24, 2.45) is 0 Å². The molecule has 1 aromatic heterocycles. The number of ketones is 1. The van der Waals surface area contributed by atoms with Crippen molar-refractivity contribution in [2.75, 3.05) is 18.1 Å². The summed E-state index contributed by atoms with van der Waals surface area (Å²) >= 11 is 5.92. The molecule has 0 amide bonds. The molecule has 0 spiro atoms. The van der Waals surface area contributed by atoms with Gasteiger partial charge in [0.05, 0.1) is 11.5 Å². The Morgan fingerprint density at radius 3 is 2.55 bits per heavy atom. The van der Waals surface area contributed by atoms with Crippen molar-refractivity contribution < 1.29 is 27.5 Å². The number of ether oxygens (including phenoxy) is 2. The lowest BCUT2D eigenvalue weighted by Gasteiger charge is -2.16. The minimum absolute atomic E-state index is 0.0743. The predicted molar refractivity (Wildman–Crippen MR) is 118 cm³/mol. The molecule has 0 aliphatic carbocycles. The van der Waals surface area contributed by atoms with Crippen molar-refractivity contribution in [3.63, 3.8) is 0 Å². The van der Waals surface area contributed by atoms with Crippen LogP contribution in [0, 0.1) is 20.8 Å². The molecule has 1 saturated heterocycles. The van der Waals surface area contributed by atoms with E-state index in [9.17, 15) is 18.0 Å². The van der Waals surface area contributed by atoms with Crippen LogP contribution in [0.4, 0.5) is 0 Å². The summed E-state index contributed by atoms with van der Waals surface area (Å²) in [6.45, 7) is 6.56. The number of aromatic nitrogens is 1. The summed E-state index contributed by atoms with van der Waals surface area (Å²) in [5, 5.41) is 0.568. The van der Waals surface area contributed by atoms with Gasteiger partial charge in [-0.1, -0.05) is 11.6 Å². The Labute approximate surface area is 187 Å². The van der Waals surface area contributed by atoms with Crippen LogP contribution in [0.5, 0.6) is 5.75 Å². The maximum absolute atomic E-state index is 12.7. The number of hydrogen-bond acceptors (Lipinski definition) is 6. The third-order valence-corrected chi connectivity index (χ3v) is 7.46. The predicted octanol–water partition coefficient (Wildman–Crippen LogP) is 3.62. The Hall–Kier alpha value is -2.32. The first-order valence-corrected chi connectivity index (χ1v) is 12.2. The Balaban J connectivity index is 1.63. The van der Waals surface area contributed by atoms with E-state index in [2.05, 4.69) is 0 Å². The number of rotatable bonds is 7. The van der Waals surface area contributed by atoms with Crippen LogP contribution in [0.2, 0.25) is 5.02 Å². The number of esters is 1. The van der Waals surface area contributed by atoms with Crippen LogP contribution < -0.4 is 4.74 Å². The van der Waals surface area contributed by atoms with Crippen molar-refractivity contribution in [1.29, 1.82) is 0 Å². The average Bonchev–Trinajstić information content (AvgIpc) is 3.19. The third kappa shape index (κ3) is 5.30. The van der Waals surface area contributed by atoms with E-state index in [0.29, 0.717) is 28.5 Å². The lowest BCUT2D eigenvalue weighted by molar-refractivity contribution is -0.149. The van der Waals surface area contributed by atoms with Gasteiger partial charge in [-0.05, 0) is 63.9 Å². The van der Waals surface area contributed by atoms with Gasteiger partial charge in [0.1, 0.15) is 5.75 Å².